The molecule has 19 heavy (non-hydrogen) atoms. The standard InChI is InChI=1S/C11H22N2O5S/c1-9(16)12-10(11(17)18)8-19-7-4-13(2-5-14)3-6-15/h10,14-15H,2-8H2,1H3,(H,12,16)(H,17,18)/t10-/m0/s1/i2+1,3+1,4+1,5+1,6+1,7+1. The lowest BCUT2D eigenvalue weighted by molar-refractivity contribution is -0.140. The summed E-state index contributed by atoms with van der Waals surface area (Å²) in [5, 5.41) is 28.9. The molecule has 0 fully saturated rings. The maximum atomic E-state index is 10.9. The van der Waals surface area contributed by atoms with Gasteiger partial charge in [0.25, 0.3) is 0 Å². The fraction of sp³-hybridized carbons (Fsp3) is 0.818. The summed E-state index contributed by atoms with van der Waals surface area (Å²) in [7, 11) is 0. The smallest absolute Gasteiger partial charge is 0.327 e. The van der Waals surface area contributed by atoms with E-state index in [2.05, 4.69) is 5.32 Å². The van der Waals surface area contributed by atoms with Crippen LogP contribution in [0.1, 0.15) is 6.92 Å². The predicted octanol–water partition coefficient (Wildman–Crippen LogP) is -1.40. The molecule has 0 aromatic carbocycles. The van der Waals surface area contributed by atoms with Crippen LogP contribution in [0.25, 0.3) is 0 Å². The number of rotatable bonds is 11. The monoisotopic (exact) mass is 300 g/mol. The summed E-state index contributed by atoms with van der Waals surface area (Å²) < 4.78 is 0. The SMILES string of the molecule is CC(=O)N[C@@H](CS[13CH2][13CH2]N([13CH2][13CH2]O)[13CH2][13CH2]O)C(=O)O. The molecule has 1 atom stereocenters. The van der Waals surface area contributed by atoms with Crippen molar-refractivity contribution >= 4 is 23.6 Å². The number of aliphatic carboxylic acids is 1. The third-order valence-electron chi connectivity index (χ3n) is 2.34. The number of nitrogens with zero attached hydrogens (tertiary/aromatic N) is 1. The molecule has 0 bridgehead atoms. The van der Waals surface area contributed by atoms with Gasteiger partial charge in [-0.25, -0.2) is 4.79 Å². The summed E-state index contributed by atoms with van der Waals surface area (Å²) in [6.45, 7) is 2.94. The van der Waals surface area contributed by atoms with E-state index in [0.717, 1.165) is 0 Å². The van der Waals surface area contributed by atoms with E-state index >= 15 is 0 Å². The lowest BCUT2D eigenvalue weighted by Gasteiger charge is -2.20. The highest BCUT2D eigenvalue weighted by molar-refractivity contribution is 7.99. The van der Waals surface area contributed by atoms with E-state index in [4.69, 9.17) is 15.3 Å². The van der Waals surface area contributed by atoms with Gasteiger partial charge in [0.2, 0.25) is 5.91 Å². The Kier molecular flexibility index (Phi) is 10.6. The van der Waals surface area contributed by atoms with Crippen molar-refractivity contribution in [3.63, 3.8) is 0 Å². The maximum absolute atomic E-state index is 10.9. The Morgan fingerprint density at radius 2 is 1.79 bits per heavy atom. The van der Waals surface area contributed by atoms with E-state index in [9.17, 15) is 9.59 Å². The first-order chi connectivity index (χ1) is 9.01. The highest BCUT2D eigenvalue weighted by Crippen LogP contribution is 2.04. The van der Waals surface area contributed by atoms with Crippen LogP contribution in [-0.2, 0) is 9.59 Å². The largest absolute Gasteiger partial charge is 0.480 e. The molecule has 1 amide bonds. The molecule has 0 aliphatic heterocycles. The number of amides is 1. The van der Waals surface area contributed by atoms with Gasteiger partial charge in [0, 0.05) is 38.1 Å². The molecule has 7 nitrogen and oxygen atoms in total. The average molecular weight is 300 g/mol. The van der Waals surface area contributed by atoms with Crippen molar-refractivity contribution in [2.24, 2.45) is 0 Å². The molecule has 0 rings (SSSR count). The Morgan fingerprint density at radius 1 is 1.21 bits per heavy atom. The van der Waals surface area contributed by atoms with Gasteiger partial charge in [-0.05, 0) is 0 Å². The van der Waals surface area contributed by atoms with Gasteiger partial charge in [-0.1, -0.05) is 0 Å². The van der Waals surface area contributed by atoms with Gasteiger partial charge < -0.3 is 20.6 Å². The molecular formula is C11H22N2O5S. The van der Waals surface area contributed by atoms with Crippen LogP contribution in [0.15, 0.2) is 0 Å². The van der Waals surface area contributed by atoms with Crippen LogP contribution in [0.4, 0.5) is 0 Å². The lowest BCUT2D eigenvalue weighted by Crippen LogP contribution is -2.41. The van der Waals surface area contributed by atoms with Crippen molar-refractivity contribution in [1.29, 1.82) is 0 Å². The zero-order chi connectivity index (χ0) is 14.7. The molecule has 0 aromatic heterocycles. The number of hydrogen-bond acceptors (Lipinski definition) is 6. The molecule has 4 N–H and O–H groups in total. The molecule has 0 saturated heterocycles. The first kappa shape index (κ1) is 18.2. The maximum Gasteiger partial charge on any atom is 0.327 e. The molecule has 0 heterocycles. The van der Waals surface area contributed by atoms with E-state index < -0.39 is 12.0 Å². The molecule has 0 saturated carbocycles. The minimum Gasteiger partial charge on any atom is -0.480 e. The number of hydrogen-bond donors (Lipinski definition) is 4. The number of aliphatic hydroxyl groups is 2. The summed E-state index contributed by atoms with van der Waals surface area (Å²) in [6.07, 6.45) is 0. The quantitative estimate of drug-likeness (QED) is 0.274. The van der Waals surface area contributed by atoms with Crippen LogP contribution in [0.3, 0.4) is 0 Å². The highest BCUT2D eigenvalue weighted by atomic mass is 32.2. The number of nitrogens with one attached hydrogen (secondary N) is 1. The molecule has 112 valence electrons. The average Bonchev–Trinajstić information content (AvgIpc) is 2.32. The van der Waals surface area contributed by atoms with Crippen LogP contribution >= 0.6 is 11.8 Å². The topological polar surface area (TPSA) is 110 Å². The second-order valence-electron chi connectivity index (χ2n) is 3.96. The van der Waals surface area contributed by atoms with Gasteiger partial charge in [0.1, 0.15) is 6.04 Å². The van der Waals surface area contributed by atoms with Crippen molar-refractivity contribution < 1.29 is 24.9 Å². The van der Waals surface area contributed by atoms with Crippen LogP contribution in [0.2, 0.25) is 0 Å². The van der Waals surface area contributed by atoms with Crippen molar-refractivity contribution in [3.05, 3.63) is 0 Å². The van der Waals surface area contributed by atoms with Crippen LogP contribution in [0, 0.1) is 0 Å². The molecule has 0 aliphatic carbocycles. The van der Waals surface area contributed by atoms with E-state index in [0.29, 0.717) is 31.1 Å². The molecular weight excluding hydrogens is 278 g/mol. The Balaban J connectivity index is 3.91. The van der Waals surface area contributed by atoms with Gasteiger partial charge in [0.05, 0.1) is 13.2 Å². The lowest BCUT2D eigenvalue weighted by atomic mass is 10.3. The normalized spacial score (nSPS) is 12.4. The zero-order valence-electron chi connectivity index (χ0n) is 11.0. The van der Waals surface area contributed by atoms with Gasteiger partial charge in [-0.15, -0.1) is 0 Å². The molecule has 0 radical (unpaired) electrons. The summed E-state index contributed by atoms with van der Waals surface area (Å²) in [5.41, 5.74) is 0. The third-order valence-corrected chi connectivity index (χ3v) is 3.38. The Morgan fingerprint density at radius 3 is 2.21 bits per heavy atom. The molecule has 8 heteroatoms. The summed E-state index contributed by atoms with van der Waals surface area (Å²) in [5.74, 6) is -0.454. The third kappa shape index (κ3) is 9.71. The first-order valence-corrected chi connectivity index (χ1v) is 7.18. The number of carboxylic acids is 1. The van der Waals surface area contributed by atoms with E-state index in [1.807, 2.05) is 4.90 Å². The Bertz CT molecular complexity index is 272. The Labute approximate surface area is 117 Å². The zero-order valence-corrected chi connectivity index (χ0v) is 11.9. The van der Waals surface area contributed by atoms with E-state index in [1.165, 1.54) is 18.7 Å². The minimum atomic E-state index is -1.05. The number of carboxylic acid groups (broad SMARTS) is 1. The summed E-state index contributed by atoms with van der Waals surface area (Å²) in [6, 6.07) is -0.883. The molecule has 0 spiro atoms. The van der Waals surface area contributed by atoms with E-state index in [-0.39, 0.29) is 19.1 Å². The Hall–Kier alpha value is -0.830. The van der Waals surface area contributed by atoms with Crippen molar-refractivity contribution in [3.8, 4) is 0 Å². The molecule has 0 unspecified atom stereocenters. The number of thioether (sulfide) groups is 1. The minimum absolute atomic E-state index is 0.0221. The molecule has 0 aliphatic rings. The second kappa shape index (κ2) is 11.0. The van der Waals surface area contributed by atoms with Crippen LogP contribution < -0.4 is 5.32 Å². The number of carbonyl (C=O) groups excluding carboxylic acids is 1. The fourth-order valence-electron chi connectivity index (χ4n) is 1.43. The summed E-state index contributed by atoms with van der Waals surface area (Å²) >= 11 is 1.41. The summed E-state index contributed by atoms with van der Waals surface area (Å²) in [4.78, 5) is 23.6. The highest BCUT2D eigenvalue weighted by Gasteiger charge is 2.18. The van der Waals surface area contributed by atoms with Crippen LogP contribution in [-0.4, -0.2) is 82.5 Å². The fourth-order valence-corrected chi connectivity index (χ4v) is 2.45. The molecule has 0 aromatic rings. The van der Waals surface area contributed by atoms with Crippen LogP contribution in [0.5, 0.6) is 0 Å². The van der Waals surface area contributed by atoms with E-state index in [1.54, 1.807) is 0 Å². The predicted molar refractivity (Wildman–Crippen MR) is 73.2 cm³/mol. The van der Waals surface area contributed by atoms with Gasteiger partial charge in [0.15, 0.2) is 0 Å². The van der Waals surface area contributed by atoms with Gasteiger partial charge >= 0.3 is 5.97 Å². The van der Waals surface area contributed by atoms with Crippen molar-refractivity contribution in [1.82, 2.24) is 10.2 Å². The number of aliphatic hydroxyl groups excluding tert-OH is 2. The first-order valence-electron chi connectivity index (χ1n) is 6.03. The van der Waals surface area contributed by atoms with Crippen molar-refractivity contribution in [2.75, 3.05) is 44.4 Å². The van der Waals surface area contributed by atoms with Crippen molar-refractivity contribution in [2.45, 2.75) is 13.0 Å². The number of carbonyl (C=O) groups is 2. The second-order valence-corrected chi connectivity index (χ2v) is 5.10. The van der Waals surface area contributed by atoms with Gasteiger partial charge in [-0.3, -0.25) is 9.69 Å². The van der Waals surface area contributed by atoms with Gasteiger partial charge in [-0.2, -0.15) is 11.8 Å².